The summed E-state index contributed by atoms with van der Waals surface area (Å²) in [5, 5.41) is 0. The molecule has 0 unspecified atom stereocenters. The minimum atomic E-state index is -1.65. The fourth-order valence-electron chi connectivity index (χ4n) is 1.62. The molecule has 0 rings (SSSR count). The summed E-state index contributed by atoms with van der Waals surface area (Å²) in [5.74, 6) is -6.31. The van der Waals surface area contributed by atoms with Crippen molar-refractivity contribution in [1.82, 2.24) is 0 Å². The number of carbonyl (C=O) groups excluding carboxylic acids is 6. The van der Waals surface area contributed by atoms with Crippen molar-refractivity contribution in [1.29, 1.82) is 0 Å². The van der Waals surface area contributed by atoms with Crippen LogP contribution in [0.2, 0.25) is 0 Å². The maximum atomic E-state index is 12.2. The highest BCUT2D eigenvalue weighted by Crippen LogP contribution is 2.23. The lowest BCUT2D eigenvalue weighted by molar-refractivity contribution is -0.168. The molecule has 12 nitrogen and oxygen atoms in total. The molecule has 0 aliphatic heterocycles. The molecular weight excluding hydrogens is 544 g/mol. The van der Waals surface area contributed by atoms with Crippen LogP contribution in [0.1, 0.15) is 12.8 Å². The van der Waals surface area contributed by atoms with E-state index >= 15 is 0 Å². The van der Waals surface area contributed by atoms with Crippen LogP contribution in [0.15, 0.2) is 8.96 Å². The second-order valence-electron chi connectivity index (χ2n) is 5.02. The zero-order valence-corrected chi connectivity index (χ0v) is 19.4. The number of methoxy groups -OCH3 is 4. The summed E-state index contributed by atoms with van der Waals surface area (Å²) < 4.78 is 26.2. The van der Waals surface area contributed by atoms with Gasteiger partial charge in [0.2, 0.25) is 12.2 Å². The Labute approximate surface area is 187 Å². The molecule has 168 valence electrons. The largest absolute Gasteiger partial charge is 0.469 e. The zero-order valence-electron chi connectivity index (χ0n) is 16.2. The molecule has 0 aliphatic carbocycles. The van der Waals surface area contributed by atoms with Crippen molar-refractivity contribution in [3.05, 3.63) is 8.96 Å². The maximum absolute atomic E-state index is 12.2. The van der Waals surface area contributed by atoms with E-state index in [2.05, 4.69) is 50.8 Å². The van der Waals surface area contributed by atoms with E-state index in [9.17, 15) is 28.8 Å². The second-order valence-corrected chi connectivity index (χ2v) is 6.61. The monoisotopic (exact) mass is 560 g/mol. The Hall–Kier alpha value is -2.48. The van der Waals surface area contributed by atoms with Gasteiger partial charge in [0.25, 0.3) is 0 Å². The predicted molar refractivity (Wildman–Crippen MR) is 102 cm³/mol. The summed E-state index contributed by atoms with van der Waals surface area (Å²) >= 11 is 5.56. The highest BCUT2D eigenvalue weighted by Gasteiger charge is 2.32. The SMILES string of the molecule is COC(=O)C[C@H](OC(=O)/C(Br)=C(\Br)C(=O)O[C@@H](CC(=O)OC)C(=O)OC)C(=O)OC. The Morgan fingerprint density at radius 3 is 1.13 bits per heavy atom. The van der Waals surface area contributed by atoms with Crippen LogP contribution >= 0.6 is 31.9 Å². The number of ether oxygens (including phenoxy) is 6. The summed E-state index contributed by atoms with van der Waals surface area (Å²) in [6.07, 6.45) is -4.58. The Bertz CT molecular complexity index is 670. The third-order valence-electron chi connectivity index (χ3n) is 3.14. The van der Waals surface area contributed by atoms with Crippen LogP contribution in [0.5, 0.6) is 0 Å². The topological polar surface area (TPSA) is 158 Å². The van der Waals surface area contributed by atoms with E-state index < -0.39 is 69.8 Å². The maximum Gasteiger partial charge on any atom is 0.347 e. The lowest BCUT2D eigenvalue weighted by atomic mass is 10.2. The molecule has 30 heavy (non-hydrogen) atoms. The number of carbonyl (C=O) groups is 6. The summed E-state index contributed by atoms with van der Waals surface area (Å²) in [7, 11) is 4.14. The van der Waals surface area contributed by atoms with Gasteiger partial charge in [-0.25, -0.2) is 19.2 Å². The van der Waals surface area contributed by atoms with Gasteiger partial charge in [-0.2, -0.15) is 0 Å². The van der Waals surface area contributed by atoms with Crippen molar-refractivity contribution in [2.75, 3.05) is 28.4 Å². The molecule has 0 saturated heterocycles. The standard InChI is InChI=1S/C16H18Br2O12/c1-25-9(19)5-7(13(21)27-3)29-15(23)11(17)12(18)16(24)30-8(14(22)28-4)6-10(20)26-2/h7-8H,5-6H2,1-4H3/b12-11+/t7-,8-/m0/s1. The summed E-state index contributed by atoms with van der Waals surface area (Å²) in [5.41, 5.74) is 0. The lowest BCUT2D eigenvalue weighted by Crippen LogP contribution is -2.32. The molecule has 0 aromatic carbocycles. The summed E-state index contributed by atoms with van der Waals surface area (Å²) in [6, 6.07) is 0. The first-order valence-electron chi connectivity index (χ1n) is 7.78. The molecule has 0 bridgehead atoms. The van der Waals surface area contributed by atoms with Gasteiger partial charge in [0.05, 0.1) is 41.3 Å². The van der Waals surface area contributed by atoms with Crippen LogP contribution in [-0.4, -0.2) is 76.5 Å². The molecule has 0 saturated carbocycles. The Morgan fingerprint density at radius 2 is 0.900 bits per heavy atom. The van der Waals surface area contributed by atoms with Crippen LogP contribution in [0.4, 0.5) is 0 Å². The molecule has 0 fully saturated rings. The zero-order chi connectivity index (χ0) is 23.4. The van der Waals surface area contributed by atoms with E-state index in [1.54, 1.807) is 0 Å². The molecule has 2 atom stereocenters. The molecule has 0 aliphatic rings. The third-order valence-corrected chi connectivity index (χ3v) is 5.11. The molecule has 0 heterocycles. The van der Waals surface area contributed by atoms with Gasteiger partial charge < -0.3 is 28.4 Å². The Balaban J connectivity index is 5.44. The van der Waals surface area contributed by atoms with Gasteiger partial charge in [-0.05, 0) is 31.9 Å². The molecule has 14 heteroatoms. The van der Waals surface area contributed by atoms with Crippen LogP contribution in [-0.2, 0) is 57.2 Å². The Morgan fingerprint density at radius 1 is 0.600 bits per heavy atom. The highest BCUT2D eigenvalue weighted by molar-refractivity contribution is 9.14. The summed E-state index contributed by atoms with van der Waals surface area (Å²) in [6.45, 7) is 0. The molecule has 0 amide bonds. The molecule has 0 aromatic heterocycles. The van der Waals surface area contributed by atoms with Crippen molar-refractivity contribution < 1.29 is 57.2 Å². The average molecular weight is 562 g/mol. The van der Waals surface area contributed by atoms with Crippen molar-refractivity contribution >= 4 is 67.7 Å². The number of rotatable bonds is 10. The fourth-order valence-corrected chi connectivity index (χ4v) is 2.13. The van der Waals surface area contributed by atoms with Crippen LogP contribution < -0.4 is 0 Å². The van der Waals surface area contributed by atoms with E-state index in [4.69, 9.17) is 9.47 Å². The van der Waals surface area contributed by atoms with E-state index in [0.717, 1.165) is 28.4 Å². The van der Waals surface area contributed by atoms with Gasteiger partial charge in [0.15, 0.2) is 0 Å². The van der Waals surface area contributed by atoms with Gasteiger partial charge in [-0.15, -0.1) is 0 Å². The van der Waals surface area contributed by atoms with Gasteiger partial charge in [-0.3, -0.25) is 9.59 Å². The first-order valence-corrected chi connectivity index (χ1v) is 9.37. The number of esters is 6. The van der Waals surface area contributed by atoms with Gasteiger partial charge >= 0.3 is 35.8 Å². The van der Waals surface area contributed by atoms with E-state index in [0.29, 0.717) is 0 Å². The van der Waals surface area contributed by atoms with E-state index in [-0.39, 0.29) is 0 Å². The third kappa shape index (κ3) is 8.90. The van der Waals surface area contributed by atoms with Crippen LogP contribution in [0, 0.1) is 0 Å². The number of hydrogen-bond donors (Lipinski definition) is 0. The first-order chi connectivity index (χ1) is 14.0. The quantitative estimate of drug-likeness (QED) is 0.204. The Kier molecular flexibility index (Phi) is 12.6. The van der Waals surface area contributed by atoms with E-state index in [1.807, 2.05) is 0 Å². The molecule has 0 spiro atoms. The first kappa shape index (κ1) is 27.5. The van der Waals surface area contributed by atoms with Gasteiger partial charge in [0, 0.05) is 0 Å². The normalized spacial score (nSPS) is 13.0. The van der Waals surface area contributed by atoms with Crippen LogP contribution in [0.25, 0.3) is 0 Å². The van der Waals surface area contributed by atoms with Crippen molar-refractivity contribution in [3.63, 3.8) is 0 Å². The summed E-state index contributed by atoms with van der Waals surface area (Å²) in [4.78, 5) is 70.4. The average Bonchev–Trinajstić information content (AvgIpc) is 2.75. The molecular formula is C16H18Br2O12. The van der Waals surface area contributed by atoms with Crippen LogP contribution in [0.3, 0.4) is 0 Å². The minimum absolute atomic E-state index is 0.548. The van der Waals surface area contributed by atoms with E-state index in [1.165, 1.54) is 0 Å². The van der Waals surface area contributed by atoms with Crippen molar-refractivity contribution in [3.8, 4) is 0 Å². The van der Waals surface area contributed by atoms with Gasteiger partial charge in [-0.1, -0.05) is 0 Å². The minimum Gasteiger partial charge on any atom is -0.469 e. The molecule has 0 N–H and O–H groups in total. The molecule has 0 radical (unpaired) electrons. The van der Waals surface area contributed by atoms with Crippen molar-refractivity contribution in [2.24, 2.45) is 0 Å². The fraction of sp³-hybridized carbons (Fsp3) is 0.500. The smallest absolute Gasteiger partial charge is 0.347 e. The number of halogens is 2. The molecule has 0 aromatic rings. The predicted octanol–water partition coefficient (Wildman–Crippen LogP) is 0.284. The van der Waals surface area contributed by atoms with Crippen molar-refractivity contribution in [2.45, 2.75) is 25.0 Å². The lowest BCUT2D eigenvalue weighted by Gasteiger charge is -2.16. The second kappa shape index (κ2) is 13.7. The highest BCUT2D eigenvalue weighted by atomic mass is 79.9. The number of hydrogen-bond acceptors (Lipinski definition) is 12. The van der Waals surface area contributed by atoms with Gasteiger partial charge in [0.1, 0.15) is 8.96 Å².